The molecule has 0 spiro atoms. The number of halogens is 1. The summed E-state index contributed by atoms with van der Waals surface area (Å²) in [6, 6.07) is 7.97. The van der Waals surface area contributed by atoms with Gasteiger partial charge < -0.3 is 10.2 Å². The molecule has 0 radical (unpaired) electrons. The lowest BCUT2D eigenvalue weighted by atomic mass is 9.91. The summed E-state index contributed by atoms with van der Waals surface area (Å²) in [5.41, 5.74) is 0.0554. The molecule has 1 aromatic rings. The Hall–Kier alpha value is -0.130. The van der Waals surface area contributed by atoms with Gasteiger partial charge in [0, 0.05) is 9.99 Å². The van der Waals surface area contributed by atoms with Gasteiger partial charge in [0.15, 0.2) is 0 Å². The van der Waals surface area contributed by atoms with Gasteiger partial charge in [-0.25, -0.2) is 0 Å². The van der Waals surface area contributed by atoms with Crippen LogP contribution < -0.4 is 0 Å². The minimum absolute atomic E-state index is 0.498. The SMILES string of the molecule is CCC(C)(O)C(O)Cc1ccc(I)cc1. The lowest BCUT2D eigenvalue weighted by Gasteiger charge is -2.27. The molecule has 1 aromatic carbocycles. The molecule has 1 rings (SSSR count). The summed E-state index contributed by atoms with van der Waals surface area (Å²) >= 11 is 2.24. The average molecular weight is 320 g/mol. The van der Waals surface area contributed by atoms with Crippen LogP contribution in [-0.4, -0.2) is 21.9 Å². The van der Waals surface area contributed by atoms with E-state index in [1.165, 1.54) is 3.57 Å². The van der Waals surface area contributed by atoms with Crippen molar-refractivity contribution >= 4 is 22.6 Å². The summed E-state index contributed by atoms with van der Waals surface area (Å²) in [5.74, 6) is 0. The van der Waals surface area contributed by atoms with Gasteiger partial charge in [0.25, 0.3) is 0 Å². The Morgan fingerprint density at radius 1 is 1.33 bits per heavy atom. The van der Waals surface area contributed by atoms with Crippen LogP contribution in [0.2, 0.25) is 0 Å². The van der Waals surface area contributed by atoms with E-state index in [4.69, 9.17) is 0 Å². The highest BCUT2D eigenvalue weighted by molar-refractivity contribution is 14.1. The minimum Gasteiger partial charge on any atom is -0.390 e. The van der Waals surface area contributed by atoms with E-state index in [0.717, 1.165) is 5.56 Å². The van der Waals surface area contributed by atoms with Crippen molar-refractivity contribution < 1.29 is 10.2 Å². The van der Waals surface area contributed by atoms with Crippen molar-refractivity contribution in [3.8, 4) is 0 Å². The molecule has 0 aliphatic carbocycles. The van der Waals surface area contributed by atoms with Crippen LogP contribution in [0.15, 0.2) is 24.3 Å². The number of aliphatic hydroxyl groups is 2. The topological polar surface area (TPSA) is 40.5 Å². The zero-order valence-electron chi connectivity index (χ0n) is 9.07. The molecule has 15 heavy (non-hydrogen) atoms. The van der Waals surface area contributed by atoms with Crippen LogP contribution in [0.25, 0.3) is 0 Å². The highest BCUT2D eigenvalue weighted by Gasteiger charge is 2.27. The first-order valence-corrected chi connectivity index (χ1v) is 6.18. The molecule has 0 saturated carbocycles. The Morgan fingerprint density at radius 2 is 1.87 bits per heavy atom. The summed E-state index contributed by atoms with van der Waals surface area (Å²) < 4.78 is 1.17. The quantitative estimate of drug-likeness (QED) is 0.836. The van der Waals surface area contributed by atoms with E-state index < -0.39 is 11.7 Å². The highest BCUT2D eigenvalue weighted by atomic mass is 127. The Balaban J connectivity index is 2.66. The van der Waals surface area contributed by atoms with Crippen LogP contribution in [0.5, 0.6) is 0 Å². The van der Waals surface area contributed by atoms with Gasteiger partial charge in [0.05, 0.1) is 11.7 Å². The molecule has 0 aliphatic rings. The minimum atomic E-state index is -0.997. The van der Waals surface area contributed by atoms with Gasteiger partial charge in [-0.2, -0.15) is 0 Å². The third kappa shape index (κ3) is 3.74. The largest absolute Gasteiger partial charge is 0.390 e. The summed E-state index contributed by atoms with van der Waals surface area (Å²) in [6.45, 7) is 3.54. The van der Waals surface area contributed by atoms with Gasteiger partial charge in [-0.3, -0.25) is 0 Å². The van der Waals surface area contributed by atoms with E-state index in [9.17, 15) is 10.2 Å². The van der Waals surface area contributed by atoms with E-state index in [1.54, 1.807) is 6.92 Å². The fourth-order valence-electron chi connectivity index (χ4n) is 1.30. The Kier molecular flexibility index (Phi) is 4.55. The average Bonchev–Trinajstić information content (AvgIpc) is 2.21. The molecule has 0 aromatic heterocycles. The van der Waals surface area contributed by atoms with Crippen LogP contribution in [-0.2, 0) is 6.42 Å². The number of hydrogen-bond acceptors (Lipinski definition) is 2. The predicted octanol–water partition coefficient (Wildman–Crippen LogP) is 2.36. The van der Waals surface area contributed by atoms with E-state index in [-0.39, 0.29) is 0 Å². The summed E-state index contributed by atoms with van der Waals surface area (Å²) in [4.78, 5) is 0. The second-order valence-electron chi connectivity index (χ2n) is 4.06. The van der Waals surface area contributed by atoms with Gasteiger partial charge in [-0.15, -0.1) is 0 Å². The smallest absolute Gasteiger partial charge is 0.0878 e. The Bertz CT molecular complexity index is 306. The lowest BCUT2D eigenvalue weighted by Crippen LogP contribution is -2.39. The number of benzene rings is 1. The van der Waals surface area contributed by atoms with Crippen molar-refractivity contribution in [1.82, 2.24) is 0 Å². The molecule has 2 nitrogen and oxygen atoms in total. The molecular weight excluding hydrogens is 303 g/mol. The Labute approximate surface area is 104 Å². The van der Waals surface area contributed by atoms with Crippen molar-refractivity contribution in [2.75, 3.05) is 0 Å². The molecular formula is C12H17IO2. The van der Waals surface area contributed by atoms with Gasteiger partial charge in [-0.1, -0.05) is 19.1 Å². The molecule has 0 aliphatic heterocycles. The summed E-state index contributed by atoms with van der Waals surface area (Å²) in [5, 5.41) is 19.7. The van der Waals surface area contributed by atoms with Gasteiger partial charge >= 0.3 is 0 Å². The van der Waals surface area contributed by atoms with Crippen molar-refractivity contribution in [2.24, 2.45) is 0 Å². The molecule has 0 saturated heterocycles. The molecule has 2 unspecified atom stereocenters. The van der Waals surface area contributed by atoms with Gasteiger partial charge in [-0.05, 0) is 53.6 Å². The molecule has 0 fully saturated rings. The second kappa shape index (κ2) is 5.27. The molecule has 2 N–H and O–H groups in total. The van der Waals surface area contributed by atoms with Crippen LogP contribution >= 0.6 is 22.6 Å². The molecule has 0 amide bonds. The molecule has 2 atom stereocenters. The zero-order valence-corrected chi connectivity index (χ0v) is 11.2. The van der Waals surface area contributed by atoms with E-state index >= 15 is 0 Å². The normalized spacial score (nSPS) is 17.1. The molecule has 0 heterocycles. The van der Waals surface area contributed by atoms with Crippen LogP contribution in [0.3, 0.4) is 0 Å². The van der Waals surface area contributed by atoms with Crippen LogP contribution in [0, 0.1) is 3.57 Å². The van der Waals surface area contributed by atoms with Crippen molar-refractivity contribution in [3.63, 3.8) is 0 Å². The maximum atomic E-state index is 9.86. The lowest BCUT2D eigenvalue weighted by molar-refractivity contribution is -0.0629. The van der Waals surface area contributed by atoms with Gasteiger partial charge in [0.2, 0.25) is 0 Å². The zero-order chi connectivity index (χ0) is 11.5. The molecule has 0 bridgehead atoms. The number of aliphatic hydroxyl groups excluding tert-OH is 1. The molecule has 84 valence electrons. The van der Waals surface area contributed by atoms with Crippen molar-refractivity contribution in [2.45, 2.75) is 38.4 Å². The summed E-state index contributed by atoms with van der Waals surface area (Å²) in [6.07, 6.45) is 0.346. The molecule has 3 heteroatoms. The third-order valence-corrected chi connectivity index (χ3v) is 3.50. The second-order valence-corrected chi connectivity index (χ2v) is 5.30. The maximum absolute atomic E-state index is 9.86. The van der Waals surface area contributed by atoms with Crippen LogP contribution in [0.4, 0.5) is 0 Å². The monoisotopic (exact) mass is 320 g/mol. The fraction of sp³-hybridized carbons (Fsp3) is 0.500. The first-order valence-electron chi connectivity index (χ1n) is 5.10. The van der Waals surface area contributed by atoms with Crippen LogP contribution in [0.1, 0.15) is 25.8 Å². The number of hydrogen-bond donors (Lipinski definition) is 2. The maximum Gasteiger partial charge on any atom is 0.0878 e. The Morgan fingerprint density at radius 3 is 2.33 bits per heavy atom. The highest BCUT2D eigenvalue weighted by Crippen LogP contribution is 2.18. The third-order valence-electron chi connectivity index (χ3n) is 2.78. The van der Waals surface area contributed by atoms with Crippen molar-refractivity contribution in [3.05, 3.63) is 33.4 Å². The van der Waals surface area contributed by atoms with E-state index in [2.05, 4.69) is 22.6 Å². The first kappa shape index (κ1) is 12.9. The van der Waals surface area contributed by atoms with E-state index in [0.29, 0.717) is 12.8 Å². The summed E-state index contributed by atoms with van der Waals surface area (Å²) in [7, 11) is 0. The van der Waals surface area contributed by atoms with E-state index in [1.807, 2.05) is 31.2 Å². The van der Waals surface area contributed by atoms with Gasteiger partial charge in [0.1, 0.15) is 0 Å². The predicted molar refractivity (Wildman–Crippen MR) is 69.8 cm³/mol. The standard InChI is InChI=1S/C12H17IO2/c1-3-12(2,15)11(14)8-9-4-6-10(13)7-5-9/h4-7,11,14-15H,3,8H2,1-2H3. The fourth-order valence-corrected chi connectivity index (χ4v) is 1.66. The van der Waals surface area contributed by atoms with Crippen molar-refractivity contribution in [1.29, 1.82) is 0 Å². The number of rotatable bonds is 4. The first-order chi connectivity index (χ1) is 6.95.